The molecule has 0 bridgehead atoms. The summed E-state index contributed by atoms with van der Waals surface area (Å²) in [5.74, 6) is 2.65. The van der Waals surface area contributed by atoms with E-state index in [4.69, 9.17) is 11.2 Å². The number of halogens is 1. The van der Waals surface area contributed by atoms with E-state index in [0.29, 0.717) is 22.2 Å². The summed E-state index contributed by atoms with van der Waals surface area (Å²) in [7, 11) is 1.53. The van der Waals surface area contributed by atoms with Gasteiger partial charge in [0.15, 0.2) is 0 Å². The lowest BCUT2D eigenvalue weighted by atomic mass is 10.1. The van der Waals surface area contributed by atoms with Gasteiger partial charge < -0.3 is 4.74 Å². The molecule has 0 unspecified atom stereocenters. The fourth-order valence-corrected chi connectivity index (χ4v) is 1.43. The van der Waals surface area contributed by atoms with E-state index in [-0.39, 0.29) is 0 Å². The molecular formula is C12H8FNO. The monoisotopic (exact) mass is 201 g/mol. The molecule has 0 fully saturated rings. The normalized spacial score (nSPS) is 9.93. The van der Waals surface area contributed by atoms with Crippen LogP contribution in [0.4, 0.5) is 4.39 Å². The van der Waals surface area contributed by atoms with Crippen LogP contribution in [0.1, 0.15) is 5.56 Å². The molecule has 0 spiro atoms. The lowest BCUT2D eigenvalue weighted by Gasteiger charge is -2.05. The van der Waals surface area contributed by atoms with Gasteiger partial charge >= 0.3 is 0 Å². The molecule has 1 heterocycles. The van der Waals surface area contributed by atoms with E-state index in [1.165, 1.54) is 13.2 Å². The Morgan fingerprint density at radius 1 is 1.40 bits per heavy atom. The standard InChI is InChI=1S/C12H8FNO/c1-3-8-4-9-6-10(13)7-14-12(9)11(5-8)15-2/h1,4-7H,2H3. The summed E-state index contributed by atoms with van der Waals surface area (Å²) in [5, 5.41) is 0.641. The zero-order valence-corrected chi connectivity index (χ0v) is 8.12. The number of hydrogen-bond acceptors (Lipinski definition) is 2. The van der Waals surface area contributed by atoms with Crippen LogP contribution in [0.15, 0.2) is 24.4 Å². The first kappa shape index (κ1) is 9.47. The molecule has 2 rings (SSSR count). The lowest BCUT2D eigenvalue weighted by molar-refractivity contribution is 0.418. The van der Waals surface area contributed by atoms with Crippen LogP contribution in [0.25, 0.3) is 10.9 Å². The number of fused-ring (bicyclic) bond motifs is 1. The first-order valence-electron chi connectivity index (χ1n) is 4.34. The molecule has 0 saturated heterocycles. The van der Waals surface area contributed by atoms with Crippen molar-refractivity contribution in [2.24, 2.45) is 0 Å². The van der Waals surface area contributed by atoms with E-state index in [9.17, 15) is 4.39 Å². The molecule has 0 aliphatic carbocycles. The molecular weight excluding hydrogens is 193 g/mol. The molecule has 74 valence electrons. The second kappa shape index (κ2) is 3.58. The summed E-state index contributed by atoms with van der Waals surface area (Å²) in [6.07, 6.45) is 6.44. The summed E-state index contributed by atoms with van der Waals surface area (Å²) in [6, 6.07) is 4.78. The van der Waals surface area contributed by atoms with Gasteiger partial charge in [-0.15, -0.1) is 6.42 Å². The molecule has 2 aromatic rings. The minimum atomic E-state index is -0.390. The number of aromatic nitrogens is 1. The van der Waals surface area contributed by atoms with Crippen LogP contribution in [0, 0.1) is 18.2 Å². The minimum absolute atomic E-state index is 0.390. The van der Waals surface area contributed by atoms with Crippen molar-refractivity contribution in [2.45, 2.75) is 0 Å². The number of nitrogens with zero attached hydrogens (tertiary/aromatic N) is 1. The van der Waals surface area contributed by atoms with E-state index < -0.39 is 5.82 Å². The Bertz CT molecular complexity index is 557. The highest BCUT2D eigenvalue weighted by Gasteiger charge is 2.05. The highest BCUT2D eigenvalue weighted by molar-refractivity contribution is 5.86. The largest absolute Gasteiger partial charge is 0.494 e. The zero-order valence-electron chi connectivity index (χ0n) is 8.12. The molecule has 0 atom stereocenters. The van der Waals surface area contributed by atoms with Crippen molar-refractivity contribution in [3.05, 3.63) is 35.8 Å². The molecule has 3 heteroatoms. The highest BCUT2D eigenvalue weighted by Crippen LogP contribution is 2.25. The molecule has 0 aliphatic rings. The Kier molecular flexibility index (Phi) is 2.26. The summed E-state index contributed by atoms with van der Waals surface area (Å²) in [6.45, 7) is 0. The van der Waals surface area contributed by atoms with Crippen molar-refractivity contribution in [3.63, 3.8) is 0 Å². The van der Waals surface area contributed by atoms with Gasteiger partial charge in [-0.2, -0.15) is 0 Å². The van der Waals surface area contributed by atoms with E-state index in [0.717, 1.165) is 6.20 Å². The minimum Gasteiger partial charge on any atom is -0.494 e. The highest BCUT2D eigenvalue weighted by atomic mass is 19.1. The number of terminal acetylenes is 1. The van der Waals surface area contributed by atoms with Gasteiger partial charge in [0.1, 0.15) is 17.1 Å². The maximum atomic E-state index is 13.0. The fourth-order valence-electron chi connectivity index (χ4n) is 1.43. The summed E-state index contributed by atoms with van der Waals surface area (Å²) in [5.41, 5.74) is 1.25. The Balaban J connectivity index is 2.82. The van der Waals surface area contributed by atoms with Gasteiger partial charge in [-0.3, -0.25) is 0 Å². The van der Waals surface area contributed by atoms with Gasteiger partial charge in [0.25, 0.3) is 0 Å². The predicted octanol–water partition coefficient (Wildman–Crippen LogP) is 2.36. The van der Waals surface area contributed by atoms with E-state index >= 15 is 0 Å². The average Bonchev–Trinajstić information content (AvgIpc) is 2.26. The van der Waals surface area contributed by atoms with Crippen LogP contribution in [0.3, 0.4) is 0 Å². The van der Waals surface area contributed by atoms with Crippen LogP contribution in [0.2, 0.25) is 0 Å². The molecule has 0 N–H and O–H groups in total. The van der Waals surface area contributed by atoms with Gasteiger partial charge in [0, 0.05) is 10.9 Å². The molecule has 0 aliphatic heterocycles. The zero-order chi connectivity index (χ0) is 10.8. The van der Waals surface area contributed by atoms with Gasteiger partial charge in [-0.1, -0.05) is 5.92 Å². The van der Waals surface area contributed by atoms with Crippen molar-refractivity contribution in [1.82, 2.24) is 4.98 Å². The third kappa shape index (κ3) is 1.62. The topological polar surface area (TPSA) is 22.1 Å². The van der Waals surface area contributed by atoms with Crippen LogP contribution in [0.5, 0.6) is 5.75 Å². The second-order valence-corrected chi connectivity index (χ2v) is 3.05. The summed E-state index contributed by atoms with van der Waals surface area (Å²) in [4.78, 5) is 3.96. The Labute approximate surface area is 86.7 Å². The molecule has 15 heavy (non-hydrogen) atoms. The number of hydrogen-bond donors (Lipinski definition) is 0. The third-order valence-corrected chi connectivity index (χ3v) is 2.10. The Hall–Kier alpha value is -2.08. The quantitative estimate of drug-likeness (QED) is 0.661. The third-order valence-electron chi connectivity index (χ3n) is 2.10. The maximum Gasteiger partial charge on any atom is 0.146 e. The molecule has 0 amide bonds. The van der Waals surface area contributed by atoms with Crippen molar-refractivity contribution in [3.8, 4) is 18.1 Å². The Morgan fingerprint density at radius 2 is 2.20 bits per heavy atom. The first-order chi connectivity index (χ1) is 7.24. The van der Waals surface area contributed by atoms with E-state index in [1.807, 2.05) is 0 Å². The Morgan fingerprint density at radius 3 is 2.87 bits per heavy atom. The van der Waals surface area contributed by atoms with Crippen LogP contribution in [-0.4, -0.2) is 12.1 Å². The smallest absolute Gasteiger partial charge is 0.146 e. The van der Waals surface area contributed by atoms with Gasteiger partial charge in [0.05, 0.1) is 13.3 Å². The SMILES string of the molecule is C#Cc1cc(OC)c2ncc(F)cc2c1. The molecule has 0 saturated carbocycles. The second-order valence-electron chi connectivity index (χ2n) is 3.05. The molecule has 1 aromatic carbocycles. The van der Waals surface area contributed by atoms with Crippen molar-refractivity contribution < 1.29 is 9.13 Å². The number of rotatable bonds is 1. The molecule has 2 nitrogen and oxygen atoms in total. The average molecular weight is 201 g/mol. The van der Waals surface area contributed by atoms with E-state index in [2.05, 4.69) is 10.9 Å². The first-order valence-corrected chi connectivity index (χ1v) is 4.34. The van der Waals surface area contributed by atoms with Crippen molar-refractivity contribution in [2.75, 3.05) is 7.11 Å². The number of methoxy groups -OCH3 is 1. The number of benzene rings is 1. The number of pyridine rings is 1. The van der Waals surface area contributed by atoms with E-state index in [1.54, 1.807) is 12.1 Å². The number of ether oxygens (including phenoxy) is 1. The lowest BCUT2D eigenvalue weighted by Crippen LogP contribution is -1.90. The summed E-state index contributed by atoms with van der Waals surface area (Å²) < 4.78 is 18.1. The van der Waals surface area contributed by atoms with Crippen LogP contribution in [-0.2, 0) is 0 Å². The van der Waals surface area contributed by atoms with Crippen LogP contribution >= 0.6 is 0 Å². The van der Waals surface area contributed by atoms with Gasteiger partial charge in [0.2, 0.25) is 0 Å². The van der Waals surface area contributed by atoms with Gasteiger partial charge in [-0.25, -0.2) is 9.37 Å². The fraction of sp³-hybridized carbons (Fsp3) is 0.0833. The van der Waals surface area contributed by atoms with Crippen molar-refractivity contribution in [1.29, 1.82) is 0 Å². The molecule has 0 radical (unpaired) electrons. The maximum absolute atomic E-state index is 13.0. The van der Waals surface area contributed by atoms with Crippen LogP contribution < -0.4 is 4.74 Å². The molecule has 1 aromatic heterocycles. The van der Waals surface area contributed by atoms with Crippen molar-refractivity contribution >= 4 is 10.9 Å². The summed E-state index contributed by atoms with van der Waals surface area (Å²) >= 11 is 0. The van der Waals surface area contributed by atoms with Gasteiger partial charge in [-0.05, 0) is 18.2 Å². The predicted molar refractivity (Wildman–Crippen MR) is 56.2 cm³/mol.